The molecule has 0 aliphatic heterocycles. The monoisotopic (exact) mass is 963 g/mol. The molecular formula is C57H57N9O6. The summed E-state index contributed by atoms with van der Waals surface area (Å²) in [6, 6.07) is 48.0. The highest BCUT2D eigenvalue weighted by Gasteiger charge is 2.27. The summed E-state index contributed by atoms with van der Waals surface area (Å²) in [4.78, 5) is 96.1. The molecule has 0 bridgehead atoms. The molecule has 15 nitrogen and oxygen atoms in total. The standard InChI is InChI=1S/C21H23N3O2.C19H19N3O2.C17H15N3O2/c1-14(2)23(15(3)4)21(26)24-19(16-10-6-5-7-11-16)22-18-13-9-8-12-17(18)20(24)25;1-3-21(4-2)19(24)22-17(14-10-6-5-7-11-14)20-16-13-9-8-12-15(16)18(22)23;1-19(2)17(22)20-15(12-8-4-3-5-9-12)18-14-11-7-6-10-13(14)16(20)21/h5-15H,1-4H3;5-13H,3-4H2,1-2H3;3-11H,1-2H3. The van der Waals surface area contributed by atoms with Gasteiger partial charge in [-0.15, -0.1) is 0 Å². The Labute approximate surface area is 416 Å². The van der Waals surface area contributed by atoms with Crippen LogP contribution < -0.4 is 16.7 Å². The molecule has 3 aromatic heterocycles. The lowest BCUT2D eigenvalue weighted by atomic mass is 10.1. The van der Waals surface area contributed by atoms with Gasteiger partial charge in [0.1, 0.15) is 0 Å². The van der Waals surface area contributed by atoms with Gasteiger partial charge in [0.2, 0.25) is 0 Å². The minimum absolute atomic E-state index is 0.0375. The zero-order valence-corrected chi connectivity index (χ0v) is 41.6. The highest BCUT2D eigenvalue weighted by Crippen LogP contribution is 2.23. The second-order valence-electron chi connectivity index (χ2n) is 17.4. The Bertz CT molecular complexity index is 3560. The predicted octanol–water partition coefficient (Wildman–Crippen LogP) is 10.1. The summed E-state index contributed by atoms with van der Waals surface area (Å²) in [5.74, 6) is 1.09. The maximum atomic E-state index is 13.3. The Balaban J connectivity index is 0.000000159. The quantitative estimate of drug-likeness (QED) is 0.151. The maximum Gasteiger partial charge on any atom is 0.333 e. The minimum atomic E-state index is -0.415. The molecule has 0 fully saturated rings. The molecule has 0 atom stereocenters. The molecular weight excluding hydrogens is 907 g/mol. The second-order valence-corrected chi connectivity index (χ2v) is 17.4. The van der Waals surface area contributed by atoms with E-state index in [1.165, 1.54) is 14.0 Å². The SMILES string of the molecule is CC(C)N(C(=O)n1c(-c2ccccc2)nc2ccccc2c1=O)C(C)C.CCN(CC)C(=O)n1c(-c2ccccc2)nc2ccccc2c1=O.CN(C)C(=O)n1c(-c2ccccc2)nc2ccccc2c1=O. The fourth-order valence-corrected chi connectivity index (χ4v) is 8.26. The molecule has 0 saturated heterocycles. The highest BCUT2D eigenvalue weighted by molar-refractivity contribution is 5.90. The molecule has 9 aromatic rings. The molecule has 0 aliphatic rings. The van der Waals surface area contributed by atoms with Crippen LogP contribution >= 0.6 is 0 Å². The fourth-order valence-electron chi connectivity index (χ4n) is 8.26. The molecule has 72 heavy (non-hydrogen) atoms. The fraction of sp³-hybridized carbons (Fsp3) is 0.211. The van der Waals surface area contributed by atoms with Crippen molar-refractivity contribution in [3.63, 3.8) is 0 Å². The van der Waals surface area contributed by atoms with Crippen molar-refractivity contribution in [1.29, 1.82) is 0 Å². The number of carbonyl (C=O) groups is 3. The third-order valence-corrected chi connectivity index (χ3v) is 11.7. The van der Waals surface area contributed by atoms with E-state index in [-0.39, 0.29) is 40.8 Å². The van der Waals surface area contributed by atoms with Gasteiger partial charge in [0.15, 0.2) is 17.5 Å². The smallest absolute Gasteiger partial charge is 0.330 e. The first-order chi connectivity index (χ1) is 34.7. The molecule has 3 amide bonds. The summed E-state index contributed by atoms with van der Waals surface area (Å²) < 4.78 is 3.51. The summed E-state index contributed by atoms with van der Waals surface area (Å²) in [6.07, 6.45) is 0. The predicted molar refractivity (Wildman–Crippen MR) is 285 cm³/mol. The Kier molecular flexibility index (Phi) is 16.1. The van der Waals surface area contributed by atoms with Crippen LogP contribution in [0.2, 0.25) is 0 Å². The number of hydrogen-bond donors (Lipinski definition) is 0. The lowest BCUT2D eigenvalue weighted by molar-refractivity contribution is 0.166. The molecule has 15 heteroatoms. The lowest BCUT2D eigenvalue weighted by Gasteiger charge is -2.31. The van der Waals surface area contributed by atoms with Crippen molar-refractivity contribution in [2.75, 3.05) is 27.2 Å². The molecule has 366 valence electrons. The Hall–Kier alpha value is -8.85. The Morgan fingerprint density at radius 1 is 0.417 bits per heavy atom. The van der Waals surface area contributed by atoms with Crippen molar-refractivity contribution in [2.45, 2.75) is 53.6 Å². The minimum Gasteiger partial charge on any atom is -0.330 e. The molecule has 3 heterocycles. The zero-order valence-electron chi connectivity index (χ0n) is 41.6. The van der Waals surface area contributed by atoms with E-state index in [0.29, 0.717) is 63.3 Å². The van der Waals surface area contributed by atoms with E-state index >= 15 is 0 Å². The normalized spacial score (nSPS) is 10.9. The van der Waals surface area contributed by atoms with E-state index in [2.05, 4.69) is 15.0 Å². The summed E-state index contributed by atoms with van der Waals surface area (Å²) in [6.45, 7) is 12.6. The van der Waals surface area contributed by atoms with E-state index in [1.807, 2.05) is 151 Å². The molecule has 0 aliphatic carbocycles. The van der Waals surface area contributed by atoms with E-state index in [9.17, 15) is 28.8 Å². The van der Waals surface area contributed by atoms with Gasteiger partial charge in [-0.25, -0.2) is 43.0 Å². The van der Waals surface area contributed by atoms with Gasteiger partial charge in [0, 0.05) is 56.0 Å². The number of benzene rings is 6. The number of fused-ring (bicyclic) bond motifs is 3. The maximum absolute atomic E-state index is 13.3. The van der Waals surface area contributed by atoms with Crippen molar-refractivity contribution in [3.05, 3.63) is 195 Å². The number of carbonyl (C=O) groups excluding carboxylic acids is 3. The lowest BCUT2D eigenvalue weighted by Crippen LogP contribution is -2.48. The van der Waals surface area contributed by atoms with E-state index in [0.717, 1.165) is 21.3 Å². The summed E-state index contributed by atoms with van der Waals surface area (Å²) in [7, 11) is 3.22. The van der Waals surface area contributed by atoms with Crippen molar-refractivity contribution < 1.29 is 14.4 Å². The van der Waals surface area contributed by atoms with Crippen LogP contribution in [0.25, 0.3) is 66.9 Å². The van der Waals surface area contributed by atoms with Crippen LogP contribution in [0.3, 0.4) is 0 Å². The number of nitrogens with zero attached hydrogens (tertiary/aromatic N) is 9. The van der Waals surface area contributed by atoms with Crippen molar-refractivity contribution in [3.8, 4) is 34.2 Å². The summed E-state index contributed by atoms with van der Waals surface area (Å²) in [5.41, 5.74) is 2.91. The van der Waals surface area contributed by atoms with E-state index in [4.69, 9.17) is 0 Å². The summed E-state index contributed by atoms with van der Waals surface area (Å²) >= 11 is 0. The summed E-state index contributed by atoms with van der Waals surface area (Å²) in [5, 5.41) is 1.31. The van der Waals surface area contributed by atoms with Crippen molar-refractivity contribution in [1.82, 2.24) is 43.4 Å². The average Bonchev–Trinajstić information content (AvgIpc) is 3.39. The van der Waals surface area contributed by atoms with Gasteiger partial charge in [-0.05, 0) is 77.9 Å². The number of para-hydroxylation sites is 3. The highest BCUT2D eigenvalue weighted by atomic mass is 16.2. The van der Waals surface area contributed by atoms with Crippen molar-refractivity contribution in [2.24, 2.45) is 0 Å². The van der Waals surface area contributed by atoms with Crippen LogP contribution in [0.1, 0.15) is 41.5 Å². The van der Waals surface area contributed by atoms with Crippen LogP contribution in [0.5, 0.6) is 0 Å². The Morgan fingerprint density at radius 2 is 0.694 bits per heavy atom. The average molecular weight is 964 g/mol. The van der Waals surface area contributed by atoms with Crippen LogP contribution in [0.4, 0.5) is 14.4 Å². The van der Waals surface area contributed by atoms with Gasteiger partial charge < -0.3 is 14.7 Å². The van der Waals surface area contributed by atoms with Gasteiger partial charge in [0.25, 0.3) is 16.7 Å². The third kappa shape index (κ3) is 10.6. The molecule has 0 saturated carbocycles. The largest absolute Gasteiger partial charge is 0.333 e. The molecule has 9 rings (SSSR count). The first kappa shape index (κ1) is 51.0. The third-order valence-electron chi connectivity index (χ3n) is 11.7. The number of amides is 3. The van der Waals surface area contributed by atoms with Crippen LogP contribution in [0, 0.1) is 0 Å². The first-order valence-corrected chi connectivity index (χ1v) is 23.7. The van der Waals surface area contributed by atoms with Crippen LogP contribution in [-0.2, 0) is 0 Å². The number of hydrogen-bond acceptors (Lipinski definition) is 9. The van der Waals surface area contributed by atoms with Crippen LogP contribution in [-0.4, -0.2) is 101 Å². The molecule has 0 unspecified atom stereocenters. The van der Waals surface area contributed by atoms with Gasteiger partial charge in [0.05, 0.1) is 32.7 Å². The molecule has 0 N–H and O–H groups in total. The van der Waals surface area contributed by atoms with Crippen molar-refractivity contribution >= 4 is 50.8 Å². The number of rotatable bonds is 7. The van der Waals surface area contributed by atoms with Gasteiger partial charge in [-0.1, -0.05) is 127 Å². The molecule has 0 radical (unpaired) electrons. The van der Waals surface area contributed by atoms with Gasteiger partial charge >= 0.3 is 18.1 Å². The first-order valence-electron chi connectivity index (χ1n) is 23.7. The molecule has 6 aromatic carbocycles. The Morgan fingerprint density at radius 3 is 0.986 bits per heavy atom. The van der Waals surface area contributed by atoms with E-state index < -0.39 is 6.03 Å². The van der Waals surface area contributed by atoms with E-state index in [1.54, 1.807) is 78.5 Å². The van der Waals surface area contributed by atoms with Gasteiger partial charge in [-0.3, -0.25) is 14.4 Å². The molecule has 0 spiro atoms. The zero-order chi connectivity index (χ0) is 51.6. The van der Waals surface area contributed by atoms with Crippen LogP contribution in [0.15, 0.2) is 178 Å². The number of aromatic nitrogens is 6. The topological polar surface area (TPSA) is 166 Å². The van der Waals surface area contributed by atoms with Gasteiger partial charge in [-0.2, -0.15) is 0 Å². The second kappa shape index (κ2) is 22.7.